The summed E-state index contributed by atoms with van der Waals surface area (Å²) >= 11 is 1.72. The third-order valence-corrected chi connectivity index (χ3v) is 5.31. The Labute approximate surface area is 119 Å². The van der Waals surface area contributed by atoms with Gasteiger partial charge in [-0.2, -0.15) is 0 Å². The Balaban J connectivity index is 2.06. The third kappa shape index (κ3) is 3.18. The van der Waals surface area contributed by atoms with Gasteiger partial charge in [0.05, 0.1) is 11.5 Å². The Morgan fingerprint density at radius 2 is 2.21 bits per heavy atom. The van der Waals surface area contributed by atoms with Gasteiger partial charge in [-0.15, -0.1) is 11.3 Å². The average Bonchev–Trinajstić information content (AvgIpc) is 2.99. The monoisotopic (exact) mass is 280 g/mol. The number of rotatable bonds is 5. The fourth-order valence-corrected chi connectivity index (χ4v) is 3.68. The zero-order valence-corrected chi connectivity index (χ0v) is 12.7. The first-order valence-corrected chi connectivity index (χ1v) is 8.15. The first-order chi connectivity index (χ1) is 9.22. The van der Waals surface area contributed by atoms with E-state index in [0.717, 1.165) is 38.8 Å². The van der Waals surface area contributed by atoms with Crippen molar-refractivity contribution in [3.63, 3.8) is 0 Å². The van der Waals surface area contributed by atoms with Crippen LogP contribution in [-0.4, -0.2) is 19.0 Å². The molecule has 1 fully saturated rings. The Kier molecular flexibility index (Phi) is 4.99. The second-order valence-electron chi connectivity index (χ2n) is 5.33. The van der Waals surface area contributed by atoms with Crippen LogP contribution in [0.3, 0.4) is 0 Å². The van der Waals surface area contributed by atoms with E-state index in [2.05, 4.69) is 42.0 Å². The van der Waals surface area contributed by atoms with E-state index in [1.54, 1.807) is 11.3 Å². The van der Waals surface area contributed by atoms with Crippen molar-refractivity contribution >= 4 is 17.2 Å². The Morgan fingerprint density at radius 1 is 1.47 bits per heavy atom. The molecule has 1 aliphatic heterocycles. The van der Waals surface area contributed by atoms with Crippen molar-refractivity contribution in [2.24, 2.45) is 5.41 Å². The molecule has 0 aromatic carbocycles. The maximum absolute atomic E-state index is 12.7. The van der Waals surface area contributed by atoms with Gasteiger partial charge in [-0.3, -0.25) is 4.79 Å². The molecule has 1 aromatic heterocycles. The van der Waals surface area contributed by atoms with E-state index >= 15 is 0 Å². The summed E-state index contributed by atoms with van der Waals surface area (Å²) in [5.41, 5.74) is -0.157. The van der Waals surface area contributed by atoms with Crippen LogP contribution in [0.2, 0.25) is 0 Å². The van der Waals surface area contributed by atoms with Crippen LogP contribution in [0.5, 0.6) is 0 Å². The largest absolute Gasteiger partial charge is 0.348 e. The number of hydrogen-bond donors (Lipinski definition) is 2. The molecule has 2 heterocycles. The lowest BCUT2D eigenvalue weighted by molar-refractivity contribution is -0.133. The smallest absolute Gasteiger partial charge is 0.226 e. The molecule has 1 saturated heterocycles. The first kappa shape index (κ1) is 14.5. The zero-order chi connectivity index (χ0) is 13.7. The molecule has 2 N–H and O–H groups in total. The van der Waals surface area contributed by atoms with Gasteiger partial charge in [-0.05, 0) is 50.2 Å². The fourth-order valence-electron chi connectivity index (χ4n) is 2.82. The summed E-state index contributed by atoms with van der Waals surface area (Å²) in [6.07, 6.45) is 3.79. The molecule has 4 heteroatoms. The molecule has 0 spiro atoms. The van der Waals surface area contributed by atoms with Gasteiger partial charge in [0.25, 0.3) is 0 Å². The van der Waals surface area contributed by atoms with Crippen molar-refractivity contribution < 1.29 is 4.79 Å². The first-order valence-electron chi connectivity index (χ1n) is 7.27. The van der Waals surface area contributed by atoms with Crippen molar-refractivity contribution in [2.75, 3.05) is 13.1 Å². The topological polar surface area (TPSA) is 41.1 Å². The van der Waals surface area contributed by atoms with Gasteiger partial charge >= 0.3 is 0 Å². The molecular formula is C15H24N2OS. The molecule has 1 unspecified atom stereocenters. The number of hydrogen-bond acceptors (Lipinski definition) is 3. The molecule has 19 heavy (non-hydrogen) atoms. The highest BCUT2D eigenvalue weighted by molar-refractivity contribution is 7.10. The number of carbonyl (C=O) groups is 1. The number of thiophene rings is 1. The van der Waals surface area contributed by atoms with Crippen molar-refractivity contribution in [1.82, 2.24) is 10.6 Å². The lowest BCUT2D eigenvalue weighted by atomic mass is 9.75. The van der Waals surface area contributed by atoms with Crippen LogP contribution in [0.4, 0.5) is 0 Å². The van der Waals surface area contributed by atoms with Crippen molar-refractivity contribution in [2.45, 2.75) is 45.6 Å². The summed E-state index contributed by atoms with van der Waals surface area (Å²) in [5.74, 6) is 0.247. The second-order valence-corrected chi connectivity index (χ2v) is 6.31. The zero-order valence-electron chi connectivity index (χ0n) is 11.9. The molecule has 0 bridgehead atoms. The van der Waals surface area contributed by atoms with Crippen LogP contribution >= 0.6 is 11.3 Å². The Morgan fingerprint density at radius 3 is 2.74 bits per heavy atom. The average molecular weight is 280 g/mol. The van der Waals surface area contributed by atoms with Crippen LogP contribution in [-0.2, 0) is 4.79 Å². The van der Waals surface area contributed by atoms with Crippen molar-refractivity contribution in [3.05, 3.63) is 22.4 Å². The minimum atomic E-state index is -0.157. The van der Waals surface area contributed by atoms with E-state index in [-0.39, 0.29) is 17.4 Å². The molecule has 0 aliphatic carbocycles. The lowest BCUT2D eigenvalue weighted by Gasteiger charge is -2.36. The highest BCUT2D eigenvalue weighted by Crippen LogP contribution is 2.34. The highest BCUT2D eigenvalue weighted by atomic mass is 32.1. The van der Waals surface area contributed by atoms with E-state index in [1.807, 2.05) is 0 Å². The van der Waals surface area contributed by atoms with Crippen LogP contribution in [0.25, 0.3) is 0 Å². The summed E-state index contributed by atoms with van der Waals surface area (Å²) in [6, 6.07) is 4.33. The molecule has 2 rings (SSSR count). The van der Waals surface area contributed by atoms with Crippen LogP contribution in [0, 0.1) is 5.41 Å². The molecular weight excluding hydrogens is 256 g/mol. The molecule has 3 nitrogen and oxygen atoms in total. The van der Waals surface area contributed by atoms with Gasteiger partial charge in [0.2, 0.25) is 5.91 Å². The number of nitrogens with one attached hydrogen (secondary N) is 2. The van der Waals surface area contributed by atoms with Gasteiger partial charge < -0.3 is 10.6 Å². The van der Waals surface area contributed by atoms with E-state index in [9.17, 15) is 4.79 Å². The normalized spacial score (nSPS) is 19.9. The van der Waals surface area contributed by atoms with Crippen LogP contribution in [0.15, 0.2) is 17.5 Å². The Bertz CT molecular complexity index is 396. The lowest BCUT2D eigenvalue weighted by Crippen LogP contribution is -2.48. The predicted molar refractivity (Wildman–Crippen MR) is 80.3 cm³/mol. The highest BCUT2D eigenvalue weighted by Gasteiger charge is 2.38. The predicted octanol–water partition coefficient (Wildman–Crippen LogP) is 3.10. The SMILES string of the molecule is CCC(NC(=O)C1(CC)CCNCC1)c1cccs1. The van der Waals surface area contributed by atoms with Crippen LogP contribution in [0.1, 0.15) is 50.4 Å². The maximum Gasteiger partial charge on any atom is 0.226 e. The molecule has 106 valence electrons. The van der Waals surface area contributed by atoms with Gasteiger partial charge in [-0.25, -0.2) is 0 Å². The molecule has 1 amide bonds. The summed E-state index contributed by atoms with van der Waals surface area (Å²) in [7, 11) is 0. The van der Waals surface area contributed by atoms with Crippen molar-refractivity contribution in [3.8, 4) is 0 Å². The molecule has 1 atom stereocenters. The standard InChI is InChI=1S/C15H24N2OS/c1-3-12(13-6-5-11-19-13)17-14(18)15(4-2)7-9-16-10-8-15/h5-6,11-12,16H,3-4,7-10H2,1-2H3,(H,17,18). The quantitative estimate of drug-likeness (QED) is 0.870. The van der Waals surface area contributed by atoms with Crippen LogP contribution < -0.4 is 10.6 Å². The Hall–Kier alpha value is -0.870. The minimum absolute atomic E-state index is 0.157. The maximum atomic E-state index is 12.7. The van der Waals surface area contributed by atoms with E-state index in [1.165, 1.54) is 4.88 Å². The molecule has 0 saturated carbocycles. The summed E-state index contributed by atoms with van der Waals surface area (Å²) in [6.45, 7) is 6.18. The number of carbonyl (C=O) groups excluding carboxylic acids is 1. The van der Waals surface area contributed by atoms with E-state index in [4.69, 9.17) is 0 Å². The summed E-state index contributed by atoms with van der Waals surface area (Å²) in [5, 5.41) is 8.69. The molecule has 1 aliphatic rings. The van der Waals surface area contributed by atoms with Gasteiger partial charge in [0.15, 0.2) is 0 Å². The summed E-state index contributed by atoms with van der Waals surface area (Å²) < 4.78 is 0. The van der Waals surface area contributed by atoms with E-state index < -0.39 is 0 Å². The molecule has 0 radical (unpaired) electrons. The molecule has 1 aromatic rings. The number of amides is 1. The van der Waals surface area contributed by atoms with Gasteiger partial charge in [-0.1, -0.05) is 19.9 Å². The fraction of sp³-hybridized carbons (Fsp3) is 0.667. The van der Waals surface area contributed by atoms with Gasteiger partial charge in [0.1, 0.15) is 0 Å². The van der Waals surface area contributed by atoms with E-state index in [0.29, 0.717) is 0 Å². The van der Waals surface area contributed by atoms with Gasteiger partial charge in [0, 0.05) is 4.88 Å². The number of piperidine rings is 1. The van der Waals surface area contributed by atoms with Crippen molar-refractivity contribution in [1.29, 1.82) is 0 Å². The minimum Gasteiger partial charge on any atom is -0.348 e. The third-order valence-electron chi connectivity index (χ3n) is 4.32. The summed E-state index contributed by atoms with van der Waals surface area (Å²) in [4.78, 5) is 13.9. The second kappa shape index (κ2) is 6.53.